The summed E-state index contributed by atoms with van der Waals surface area (Å²) in [6.07, 6.45) is 3.19. The highest BCUT2D eigenvalue weighted by Crippen LogP contribution is 2.47. The topological polar surface area (TPSA) is 67.1 Å². The summed E-state index contributed by atoms with van der Waals surface area (Å²) in [5.41, 5.74) is 1.48. The Hall–Kier alpha value is -1.46. The summed E-state index contributed by atoms with van der Waals surface area (Å²) in [5, 5.41) is 0.901. The average molecular weight is 420 g/mol. The Balaban J connectivity index is 1.70. The van der Waals surface area contributed by atoms with Crippen molar-refractivity contribution in [3.63, 3.8) is 0 Å². The molecule has 2 aliphatic rings. The predicted octanol–water partition coefficient (Wildman–Crippen LogP) is 4.28. The van der Waals surface area contributed by atoms with Gasteiger partial charge in [0.1, 0.15) is 17.4 Å². The lowest BCUT2D eigenvalue weighted by Gasteiger charge is -2.50. The molecule has 1 saturated heterocycles. The second-order valence-corrected chi connectivity index (χ2v) is 8.58. The third kappa shape index (κ3) is 3.50. The molecule has 2 heterocycles. The molecule has 0 amide bonds. The average Bonchev–Trinajstić information content (AvgIpc) is 3.13. The highest BCUT2D eigenvalue weighted by molar-refractivity contribution is 7.09. The second kappa shape index (κ2) is 7.99. The summed E-state index contributed by atoms with van der Waals surface area (Å²) in [6.45, 7) is 5.92. The molecular weight excluding hydrogens is 391 g/mol. The number of benzene rings is 1. The maximum Gasteiger partial charge on any atom is 0.336 e. The van der Waals surface area contributed by atoms with Gasteiger partial charge in [-0.15, -0.1) is 0 Å². The second-order valence-electron chi connectivity index (χ2n) is 8.31. The Labute approximate surface area is 173 Å². The summed E-state index contributed by atoms with van der Waals surface area (Å²) >= 11 is 0. The van der Waals surface area contributed by atoms with Crippen molar-refractivity contribution in [3.05, 3.63) is 39.7 Å². The van der Waals surface area contributed by atoms with Gasteiger partial charge in [0.25, 0.3) is 0 Å². The molecule has 1 aliphatic carbocycles. The Bertz CT molecular complexity index is 948. The van der Waals surface area contributed by atoms with E-state index in [0.29, 0.717) is 11.3 Å². The first kappa shape index (κ1) is 20.8. The van der Waals surface area contributed by atoms with E-state index in [9.17, 15) is 4.79 Å². The molecule has 4 rings (SSSR count). The predicted molar refractivity (Wildman–Crippen MR) is 113 cm³/mol. The third-order valence-electron chi connectivity index (χ3n) is 6.56. The zero-order valence-electron chi connectivity index (χ0n) is 17.4. The maximum absolute atomic E-state index is 11.9. The van der Waals surface area contributed by atoms with Crippen LogP contribution in [0.25, 0.3) is 11.0 Å². The molecule has 1 saturated carbocycles. The van der Waals surface area contributed by atoms with Gasteiger partial charge >= 0.3 is 5.63 Å². The SMILES string of the molecule is CO[C@@H]1[C@@H](C)C(OP)[C@H](Oc2ccc3c(C)cc(=O)oc3c2C)OC12CCCC2. The first-order valence-corrected chi connectivity index (χ1v) is 10.6. The van der Waals surface area contributed by atoms with E-state index in [1.54, 1.807) is 7.11 Å². The standard InChI is InChI=1S/C22H29O6P/c1-12-11-17(23)26-18-13(2)16(8-7-15(12)18)25-21-19(28-29)14(3)20(24-4)22(27-21)9-5-6-10-22/h7-8,11,14,19-21H,5-6,9-10,29H2,1-4H3/t14-,19?,20+,21+/m0/s1. The normalized spacial score (nSPS) is 28.9. The van der Waals surface area contributed by atoms with Crippen LogP contribution in [0.4, 0.5) is 0 Å². The van der Waals surface area contributed by atoms with Gasteiger partial charge in [-0.25, -0.2) is 4.79 Å². The molecule has 0 bridgehead atoms. The van der Waals surface area contributed by atoms with E-state index in [2.05, 4.69) is 16.4 Å². The molecule has 29 heavy (non-hydrogen) atoms. The molecule has 0 N–H and O–H groups in total. The minimum atomic E-state index is -0.584. The quantitative estimate of drug-likeness (QED) is 0.543. The van der Waals surface area contributed by atoms with Crippen molar-refractivity contribution >= 4 is 20.4 Å². The van der Waals surface area contributed by atoms with E-state index in [0.717, 1.165) is 42.2 Å². The minimum Gasteiger partial charge on any atom is -0.462 e. The summed E-state index contributed by atoms with van der Waals surface area (Å²) in [7, 11) is 4.08. The zero-order valence-corrected chi connectivity index (χ0v) is 18.6. The van der Waals surface area contributed by atoms with E-state index in [1.807, 2.05) is 26.0 Å². The Morgan fingerprint density at radius 1 is 1.21 bits per heavy atom. The van der Waals surface area contributed by atoms with Crippen molar-refractivity contribution in [2.24, 2.45) is 5.92 Å². The number of fused-ring (bicyclic) bond motifs is 1. The summed E-state index contributed by atoms with van der Waals surface area (Å²) in [5.74, 6) is 0.717. The van der Waals surface area contributed by atoms with Crippen LogP contribution in [0.2, 0.25) is 0 Å². The van der Waals surface area contributed by atoms with Gasteiger partial charge in [0.05, 0.1) is 11.7 Å². The molecule has 2 aromatic rings. The lowest BCUT2D eigenvalue weighted by Crippen LogP contribution is -2.62. The molecule has 158 valence electrons. The largest absolute Gasteiger partial charge is 0.462 e. The molecule has 7 heteroatoms. The van der Waals surface area contributed by atoms with Crippen molar-refractivity contribution < 1.29 is 23.2 Å². The first-order chi connectivity index (χ1) is 13.9. The van der Waals surface area contributed by atoms with Crippen molar-refractivity contribution in [1.82, 2.24) is 0 Å². The fourth-order valence-corrected chi connectivity index (χ4v) is 5.48. The summed E-state index contributed by atoms with van der Waals surface area (Å²) in [4.78, 5) is 11.9. The fraction of sp³-hybridized carbons (Fsp3) is 0.591. The van der Waals surface area contributed by atoms with Crippen molar-refractivity contribution in [2.75, 3.05) is 7.11 Å². The molecule has 0 radical (unpaired) electrons. The van der Waals surface area contributed by atoms with Crippen LogP contribution in [0.5, 0.6) is 5.75 Å². The van der Waals surface area contributed by atoms with E-state index < -0.39 is 6.29 Å². The van der Waals surface area contributed by atoms with Gasteiger partial charge < -0.3 is 23.2 Å². The third-order valence-corrected chi connectivity index (χ3v) is 6.87. The lowest BCUT2D eigenvalue weighted by molar-refractivity contribution is -0.293. The highest BCUT2D eigenvalue weighted by Gasteiger charge is 2.55. The highest BCUT2D eigenvalue weighted by atomic mass is 31.0. The Morgan fingerprint density at radius 2 is 1.93 bits per heavy atom. The smallest absolute Gasteiger partial charge is 0.336 e. The van der Waals surface area contributed by atoms with E-state index >= 15 is 0 Å². The molecule has 1 spiro atoms. The molecule has 2 unspecified atom stereocenters. The minimum absolute atomic E-state index is 0.0474. The molecular formula is C22H29O6P. The van der Waals surface area contributed by atoms with Crippen LogP contribution in [-0.4, -0.2) is 31.2 Å². The number of hydrogen-bond acceptors (Lipinski definition) is 6. The van der Waals surface area contributed by atoms with Gasteiger partial charge in [0, 0.05) is 39.5 Å². The zero-order chi connectivity index (χ0) is 20.8. The van der Waals surface area contributed by atoms with Crippen LogP contribution < -0.4 is 10.4 Å². The van der Waals surface area contributed by atoms with E-state index in [1.165, 1.54) is 6.07 Å². The van der Waals surface area contributed by atoms with Crippen molar-refractivity contribution in [2.45, 2.75) is 70.6 Å². The van der Waals surface area contributed by atoms with Gasteiger partial charge in [0.15, 0.2) is 0 Å². The molecule has 1 aromatic heterocycles. The number of rotatable bonds is 4. The summed E-state index contributed by atoms with van der Waals surface area (Å²) in [6, 6.07) is 5.32. The van der Waals surface area contributed by atoms with E-state index in [-0.39, 0.29) is 29.4 Å². The fourth-order valence-electron chi connectivity index (χ4n) is 5.10. The van der Waals surface area contributed by atoms with Crippen LogP contribution in [0.15, 0.2) is 27.4 Å². The van der Waals surface area contributed by atoms with Gasteiger partial charge in [-0.3, -0.25) is 0 Å². The van der Waals surface area contributed by atoms with Crippen LogP contribution in [0, 0.1) is 19.8 Å². The molecule has 1 aromatic carbocycles. The van der Waals surface area contributed by atoms with E-state index in [4.69, 9.17) is 23.2 Å². The van der Waals surface area contributed by atoms with Crippen molar-refractivity contribution in [3.8, 4) is 5.75 Å². The summed E-state index contributed by atoms with van der Waals surface area (Å²) < 4.78 is 29.9. The van der Waals surface area contributed by atoms with Gasteiger partial charge in [0.2, 0.25) is 6.29 Å². The van der Waals surface area contributed by atoms with Crippen LogP contribution in [0.3, 0.4) is 0 Å². The molecule has 6 nitrogen and oxygen atoms in total. The van der Waals surface area contributed by atoms with Gasteiger partial charge in [-0.2, -0.15) is 0 Å². The maximum atomic E-state index is 11.9. The monoisotopic (exact) mass is 420 g/mol. The lowest BCUT2D eigenvalue weighted by atomic mass is 9.80. The van der Waals surface area contributed by atoms with Crippen LogP contribution >= 0.6 is 9.47 Å². The molecule has 2 fully saturated rings. The van der Waals surface area contributed by atoms with Gasteiger partial charge in [-0.05, 0) is 44.4 Å². The van der Waals surface area contributed by atoms with Gasteiger partial charge in [-0.1, -0.05) is 19.8 Å². The Morgan fingerprint density at radius 3 is 2.59 bits per heavy atom. The number of methoxy groups -OCH3 is 1. The number of hydrogen-bond donors (Lipinski definition) is 0. The molecule has 5 atom stereocenters. The van der Waals surface area contributed by atoms with Crippen LogP contribution in [0.1, 0.15) is 43.7 Å². The molecule has 1 aliphatic heterocycles. The number of ether oxygens (including phenoxy) is 3. The number of aryl methyl sites for hydroxylation is 2. The van der Waals surface area contributed by atoms with Crippen LogP contribution in [-0.2, 0) is 14.0 Å². The Kier molecular flexibility index (Phi) is 5.73. The first-order valence-electron chi connectivity index (χ1n) is 10.2. The van der Waals surface area contributed by atoms with Crippen molar-refractivity contribution in [1.29, 1.82) is 0 Å².